The van der Waals surface area contributed by atoms with Crippen molar-refractivity contribution in [2.24, 2.45) is 0 Å². The smallest absolute Gasteiger partial charge is 0.136 e. The van der Waals surface area contributed by atoms with Crippen LogP contribution in [0, 0.1) is 0 Å². The van der Waals surface area contributed by atoms with Gasteiger partial charge in [0.05, 0.1) is 12.3 Å². The number of hydrogen-bond acceptors (Lipinski definition) is 5. The van der Waals surface area contributed by atoms with Gasteiger partial charge in [0, 0.05) is 36.6 Å². The lowest BCUT2D eigenvalue weighted by Gasteiger charge is -2.28. The summed E-state index contributed by atoms with van der Waals surface area (Å²) in [6, 6.07) is 2.00. The molecular weight excluding hydrogens is 278 g/mol. The molecule has 0 aliphatic rings. The molecule has 0 saturated carbocycles. The van der Waals surface area contributed by atoms with Crippen molar-refractivity contribution >= 4 is 5.82 Å². The minimum Gasteiger partial charge on any atom is -0.396 e. The number of nitrogens with zero attached hydrogens (tertiary/aromatic N) is 3. The molecule has 0 aliphatic carbocycles. The van der Waals surface area contributed by atoms with Crippen LogP contribution in [0.1, 0.15) is 59.5 Å². The Morgan fingerprint density at radius 1 is 0.909 bits per heavy atom. The Morgan fingerprint density at radius 2 is 1.55 bits per heavy atom. The van der Waals surface area contributed by atoms with Crippen molar-refractivity contribution in [2.45, 2.75) is 58.8 Å². The summed E-state index contributed by atoms with van der Waals surface area (Å²) in [5.74, 6) is 1.63. The Kier molecular flexibility index (Phi) is 6.32. The van der Waals surface area contributed by atoms with E-state index >= 15 is 0 Å². The van der Waals surface area contributed by atoms with Gasteiger partial charge >= 0.3 is 0 Å². The molecule has 1 heterocycles. The molecule has 0 aromatic carbocycles. The second kappa shape index (κ2) is 7.38. The maximum absolute atomic E-state index is 9.31. The Morgan fingerprint density at radius 3 is 2.00 bits per heavy atom. The number of anilines is 1. The maximum atomic E-state index is 9.31. The van der Waals surface area contributed by atoms with E-state index in [0.29, 0.717) is 19.5 Å². The Balaban J connectivity index is 3.31. The lowest BCUT2D eigenvalue weighted by molar-refractivity contribution is 0.281. The van der Waals surface area contributed by atoms with Gasteiger partial charge in [0.1, 0.15) is 11.6 Å². The molecule has 0 bridgehead atoms. The van der Waals surface area contributed by atoms with E-state index in [9.17, 15) is 5.11 Å². The Labute approximate surface area is 134 Å². The van der Waals surface area contributed by atoms with Crippen LogP contribution in [0.25, 0.3) is 0 Å². The van der Waals surface area contributed by atoms with Gasteiger partial charge in [0.25, 0.3) is 0 Å². The van der Waals surface area contributed by atoms with E-state index in [1.165, 1.54) is 0 Å². The van der Waals surface area contributed by atoms with Gasteiger partial charge in [-0.25, -0.2) is 9.97 Å². The zero-order valence-corrected chi connectivity index (χ0v) is 14.8. The summed E-state index contributed by atoms with van der Waals surface area (Å²) < 4.78 is 0. The molecule has 0 atom stereocenters. The molecule has 126 valence electrons. The van der Waals surface area contributed by atoms with Gasteiger partial charge < -0.3 is 15.1 Å². The number of aliphatic hydroxyl groups is 2. The first-order valence-electron chi connectivity index (χ1n) is 7.96. The summed E-state index contributed by atoms with van der Waals surface area (Å²) in [6.45, 7) is 14.1. The SMILES string of the molecule is CC(C)(C)c1cc(N(CCO)CCCO)nc(C(C)(C)C)n1. The molecular formula is C17H31N3O2. The van der Waals surface area contributed by atoms with Crippen LogP contribution >= 0.6 is 0 Å². The standard InChI is InChI=1S/C17H31N3O2/c1-16(2,3)13-12-14(19-15(18-13)17(4,5)6)20(9-11-22)8-7-10-21/h12,21-22H,7-11H2,1-6H3. The van der Waals surface area contributed by atoms with Crippen LogP contribution < -0.4 is 4.90 Å². The number of aliphatic hydroxyl groups excluding tert-OH is 2. The van der Waals surface area contributed by atoms with Crippen molar-refractivity contribution in [1.29, 1.82) is 0 Å². The first kappa shape index (κ1) is 18.8. The minimum absolute atomic E-state index is 0.0606. The summed E-state index contributed by atoms with van der Waals surface area (Å²) in [6.07, 6.45) is 0.652. The molecule has 1 aromatic heterocycles. The van der Waals surface area contributed by atoms with Crippen molar-refractivity contribution in [3.05, 3.63) is 17.6 Å². The number of hydrogen-bond donors (Lipinski definition) is 2. The van der Waals surface area contributed by atoms with Crippen LogP contribution in [0.15, 0.2) is 6.07 Å². The number of aromatic nitrogens is 2. The van der Waals surface area contributed by atoms with E-state index in [2.05, 4.69) is 41.5 Å². The Hall–Kier alpha value is -1.20. The third-order valence-electron chi connectivity index (χ3n) is 3.43. The summed E-state index contributed by atoms with van der Waals surface area (Å²) in [4.78, 5) is 11.5. The molecule has 1 rings (SSSR count). The van der Waals surface area contributed by atoms with Gasteiger partial charge in [-0.15, -0.1) is 0 Å². The number of rotatable bonds is 6. The second-order valence-electron chi connectivity index (χ2n) is 7.72. The van der Waals surface area contributed by atoms with E-state index in [0.717, 1.165) is 17.3 Å². The third kappa shape index (κ3) is 5.21. The highest BCUT2D eigenvalue weighted by Crippen LogP contribution is 2.28. The molecule has 1 aromatic rings. The van der Waals surface area contributed by atoms with Crippen molar-refractivity contribution < 1.29 is 10.2 Å². The van der Waals surface area contributed by atoms with Gasteiger partial charge in [0.2, 0.25) is 0 Å². The van der Waals surface area contributed by atoms with Crippen LogP contribution in [0.5, 0.6) is 0 Å². The van der Waals surface area contributed by atoms with Crippen molar-refractivity contribution in [3.8, 4) is 0 Å². The largest absolute Gasteiger partial charge is 0.396 e. The van der Waals surface area contributed by atoms with E-state index in [-0.39, 0.29) is 24.0 Å². The fourth-order valence-electron chi connectivity index (χ4n) is 2.04. The molecule has 0 amide bonds. The molecule has 0 spiro atoms. The molecule has 5 heteroatoms. The van der Waals surface area contributed by atoms with E-state index in [4.69, 9.17) is 15.1 Å². The van der Waals surface area contributed by atoms with E-state index in [1.807, 2.05) is 11.0 Å². The first-order chi connectivity index (χ1) is 10.1. The molecule has 0 saturated heterocycles. The second-order valence-corrected chi connectivity index (χ2v) is 7.72. The van der Waals surface area contributed by atoms with Crippen LogP contribution in [0.3, 0.4) is 0 Å². The predicted molar refractivity (Wildman–Crippen MR) is 90.4 cm³/mol. The van der Waals surface area contributed by atoms with Crippen LogP contribution in [0.2, 0.25) is 0 Å². The molecule has 0 unspecified atom stereocenters. The maximum Gasteiger partial charge on any atom is 0.136 e. The van der Waals surface area contributed by atoms with Crippen molar-refractivity contribution in [2.75, 3.05) is 31.2 Å². The Bertz CT molecular complexity index is 444. The van der Waals surface area contributed by atoms with Crippen molar-refractivity contribution in [3.63, 3.8) is 0 Å². The lowest BCUT2D eigenvalue weighted by atomic mass is 9.90. The van der Waals surface area contributed by atoms with E-state index in [1.54, 1.807) is 0 Å². The van der Waals surface area contributed by atoms with E-state index < -0.39 is 0 Å². The first-order valence-corrected chi connectivity index (χ1v) is 7.96. The average Bonchev–Trinajstić information content (AvgIpc) is 2.41. The van der Waals surface area contributed by atoms with Crippen molar-refractivity contribution in [1.82, 2.24) is 9.97 Å². The quantitative estimate of drug-likeness (QED) is 0.843. The highest BCUT2D eigenvalue weighted by atomic mass is 16.3. The lowest BCUT2D eigenvalue weighted by Crippen LogP contribution is -2.31. The molecule has 2 N–H and O–H groups in total. The van der Waals surface area contributed by atoms with Gasteiger partial charge in [-0.05, 0) is 6.42 Å². The molecule has 0 aliphatic heterocycles. The van der Waals surface area contributed by atoms with Crippen LogP contribution in [-0.4, -0.2) is 46.5 Å². The fraction of sp³-hybridized carbons (Fsp3) is 0.765. The molecule has 5 nitrogen and oxygen atoms in total. The summed E-state index contributed by atoms with van der Waals surface area (Å²) in [5, 5.41) is 18.4. The minimum atomic E-state index is -0.141. The zero-order valence-electron chi connectivity index (χ0n) is 14.8. The van der Waals surface area contributed by atoms with Crippen LogP contribution in [-0.2, 0) is 10.8 Å². The molecule has 0 fully saturated rings. The summed E-state index contributed by atoms with van der Waals surface area (Å²) in [7, 11) is 0. The molecule has 22 heavy (non-hydrogen) atoms. The van der Waals surface area contributed by atoms with Gasteiger partial charge in [-0.3, -0.25) is 0 Å². The topological polar surface area (TPSA) is 69.5 Å². The third-order valence-corrected chi connectivity index (χ3v) is 3.43. The normalized spacial score (nSPS) is 12.5. The van der Waals surface area contributed by atoms with Gasteiger partial charge in [0.15, 0.2) is 0 Å². The van der Waals surface area contributed by atoms with Gasteiger partial charge in [-0.2, -0.15) is 0 Å². The molecule has 0 radical (unpaired) electrons. The van der Waals surface area contributed by atoms with Crippen LogP contribution in [0.4, 0.5) is 5.82 Å². The summed E-state index contributed by atoms with van der Waals surface area (Å²) in [5.41, 5.74) is 0.784. The highest BCUT2D eigenvalue weighted by molar-refractivity contribution is 5.42. The fourth-order valence-corrected chi connectivity index (χ4v) is 2.04. The monoisotopic (exact) mass is 309 g/mol. The predicted octanol–water partition coefficient (Wildman–Crippen LogP) is 2.25. The highest BCUT2D eigenvalue weighted by Gasteiger charge is 2.24. The zero-order chi connectivity index (χ0) is 17.0. The average molecular weight is 309 g/mol. The summed E-state index contributed by atoms with van der Waals surface area (Å²) >= 11 is 0. The van der Waals surface area contributed by atoms with Gasteiger partial charge in [-0.1, -0.05) is 41.5 Å².